The summed E-state index contributed by atoms with van der Waals surface area (Å²) in [6, 6.07) is 0. The smallest absolute Gasteiger partial charge is 0.436 e. The Labute approximate surface area is 357 Å². The molecule has 279 valence electrons. The molecule has 6 rings (SSSR count). The van der Waals surface area contributed by atoms with Crippen molar-refractivity contribution >= 4 is 161 Å². The quantitative estimate of drug-likeness (QED) is 0.0922. The van der Waals surface area contributed by atoms with Crippen molar-refractivity contribution in [3.63, 3.8) is 0 Å². The van der Waals surface area contributed by atoms with Gasteiger partial charge in [-0.25, -0.2) is 39.5 Å². The highest BCUT2D eigenvalue weighted by atomic mass is 127. The third-order valence-corrected chi connectivity index (χ3v) is 8.96. The maximum Gasteiger partial charge on any atom is 0.436 e. The molecule has 0 aromatic carbocycles. The van der Waals surface area contributed by atoms with Crippen LogP contribution in [0.25, 0.3) is 22.3 Å². The van der Waals surface area contributed by atoms with Crippen LogP contribution in [0.15, 0.2) is 11.2 Å². The zero-order valence-electron chi connectivity index (χ0n) is 26.7. The van der Waals surface area contributed by atoms with Crippen molar-refractivity contribution in [3.8, 4) is 0 Å². The van der Waals surface area contributed by atoms with Gasteiger partial charge in [0.25, 0.3) is 0 Å². The van der Waals surface area contributed by atoms with Crippen LogP contribution in [0, 0.1) is 7.40 Å². The van der Waals surface area contributed by atoms with E-state index in [0.29, 0.717) is 36.3 Å². The van der Waals surface area contributed by atoms with Crippen molar-refractivity contribution in [1.82, 2.24) is 49.5 Å². The molecule has 0 bridgehead atoms. The first-order chi connectivity index (χ1) is 24.1. The number of carbonyl (C=O) groups is 4. The minimum absolute atomic E-state index is 0. The number of rotatable bonds is 4. The van der Waals surface area contributed by atoms with E-state index >= 15 is 0 Å². The second kappa shape index (κ2) is 20.5. The molecule has 53 heavy (non-hydrogen) atoms. The number of esters is 2. The van der Waals surface area contributed by atoms with E-state index in [1.807, 2.05) is 45.2 Å². The van der Waals surface area contributed by atoms with Gasteiger partial charge in [-0.2, -0.15) is 10.2 Å². The van der Waals surface area contributed by atoms with Gasteiger partial charge in [-0.15, -0.1) is 9.36 Å². The van der Waals surface area contributed by atoms with Crippen molar-refractivity contribution in [2.75, 3.05) is 14.2 Å². The molecule has 0 N–H and O–H groups in total. The molecule has 6 heterocycles. The fourth-order valence-corrected chi connectivity index (χ4v) is 5.95. The molecular weight excluding hydrogens is 1100 g/mol. The molecule has 5 aromatic rings. The SMILES string of the molecule is C.CC(=O)OCc1nc2c(nc1Cl)CN=C2I.COC(=O)n1nc(I)c2nc(COC(C)=O)c(Cl)nc21.COC(=O)n1nc(I)c2ncc(Cl)nc21.[B]. The van der Waals surface area contributed by atoms with Gasteiger partial charge in [-0.3, -0.25) is 14.6 Å². The van der Waals surface area contributed by atoms with E-state index in [4.69, 9.17) is 44.3 Å². The molecule has 0 saturated heterocycles. The average Bonchev–Trinajstić information content (AvgIpc) is 3.73. The number of aromatic nitrogens is 10. The number of carbonyl (C=O) groups excluding carboxylic acids is 4. The van der Waals surface area contributed by atoms with Crippen molar-refractivity contribution in [1.29, 1.82) is 0 Å². The van der Waals surface area contributed by atoms with E-state index in [-0.39, 0.29) is 61.8 Å². The van der Waals surface area contributed by atoms with Crippen LogP contribution in [-0.4, -0.2) is 99.9 Å². The van der Waals surface area contributed by atoms with Crippen LogP contribution < -0.4 is 0 Å². The molecule has 3 radical (unpaired) electrons. The normalized spacial score (nSPS) is 11.0. The average molecular weight is 1130 g/mol. The zero-order valence-corrected chi connectivity index (χ0v) is 35.5. The predicted molar refractivity (Wildman–Crippen MR) is 216 cm³/mol. The maximum absolute atomic E-state index is 11.5. The molecule has 19 nitrogen and oxygen atoms in total. The topological polar surface area (TPSA) is 231 Å². The lowest BCUT2D eigenvalue weighted by Gasteiger charge is -2.05. The van der Waals surface area contributed by atoms with Crippen LogP contribution in [0.4, 0.5) is 9.59 Å². The van der Waals surface area contributed by atoms with Crippen LogP contribution in [0.5, 0.6) is 0 Å². The van der Waals surface area contributed by atoms with Gasteiger partial charge in [0.05, 0.1) is 32.7 Å². The molecule has 1 aliphatic heterocycles. The van der Waals surface area contributed by atoms with E-state index < -0.39 is 18.2 Å². The Morgan fingerprint density at radius 1 is 0.755 bits per heavy atom. The lowest BCUT2D eigenvalue weighted by atomic mass is 10.3. The van der Waals surface area contributed by atoms with Gasteiger partial charge < -0.3 is 18.9 Å². The molecule has 0 unspecified atom stereocenters. The second-order valence-corrected chi connectivity index (χ2v) is 13.4. The molecule has 5 aromatic heterocycles. The molecular formula is C27H23BCl3I3N11O8. The van der Waals surface area contributed by atoms with Crippen molar-refractivity contribution in [3.05, 3.63) is 51.8 Å². The lowest BCUT2D eigenvalue weighted by molar-refractivity contribution is -0.143. The first kappa shape index (κ1) is 46.0. The molecule has 0 saturated carbocycles. The van der Waals surface area contributed by atoms with Crippen LogP contribution in [0.2, 0.25) is 15.5 Å². The van der Waals surface area contributed by atoms with E-state index in [9.17, 15) is 19.2 Å². The number of aliphatic imine (C=N–C) groups is 1. The van der Waals surface area contributed by atoms with Gasteiger partial charge >= 0.3 is 24.1 Å². The number of methoxy groups -OCH3 is 2. The third kappa shape index (κ3) is 11.4. The summed E-state index contributed by atoms with van der Waals surface area (Å²) in [5, 5.41) is 8.41. The fraction of sp³-hybridized carbons (Fsp3) is 0.296. The van der Waals surface area contributed by atoms with E-state index in [2.05, 4.69) is 77.2 Å². The summed E-state index contributed by atoms with van der Waals surface area (Å²) in [4.78, 5) is 73.3. The molecule has 0 amide bonds. The van der Waals surface area contributed by atoms with Crippen molar-refractivity contribution in [2.24, 2.45) is 4.99 Å². The first-order valence-electron chi connectivity index (χ1n) is 13.5. The minimum Gasteiger partial charge on any atom is -0.459 e. The Hall–Kier alpha value is -3.15. The maximum atomic E-state index is 11.5. The number of ether oxygens (including phenoxy) is 4. The third-order valence-electron chi connectivity index (χ3n) is 5.87. The fourth-order valence-electron chi connectivity index (χ4n) is 3.67. The van der Waals surface area contributed by atoms with E-state index in [1.54, 1.807) is 0 Å². The lowest BCUT2D eigenvalue weighted by Crippen LogP contribution is -2.14. The number of nitrogens with zero attached hydrogens (tertiary/aromatic N) is 11. The molecule has 0 fully saturated rings. The highest BCUT2D eigenvalue weighted by Gasteiger charge is 2.22. The predicted octanol–water partition coefficient (Wildman–Crippen LogP) is 5.60. The number of halogens is 6. The first-order valence-corrected chi connectivity index (χ1v) is 17.9. The van der Waals surface area contributed by atoms with Crippen LogP contribution in [0.3, 0.4) is 0 Å². The van der Waals surface area contributed by atoms with Gasteiger partial charge in [0.1, 0.15) is 50.2 Å². The number of hydrogen-bond donors (Lipinski definition) is 0. The molecule has 0 spiro atoms. The van der Waals surface area contributed by atoms with Crippen LogP contribution >= 0.6 is 103 Å². The zero-order chi connectivity index (χ0) is 37.6. The second-order valence-electron chi connectivity index (χ2n) is 9.27. The van der Waals surface area contributed by atoms with Crippen molar-refractivity contribution in [2.45, 2.75) is 41.0 Å². The summed E-state index contributed by atoms with van der Waals surface area (Å²) in [6.07, 6.45) is 0.0746. The molecule has 0 aliphatic carbocycles. The van der Waals surface area contributed by atoms with Gasteiger partial charge in [0.2, 0.25) is 0 Å². The summed E-state index contributed by atoms with van der Waals surface area (Å²) >= 11 is 23.5. The van der Waals surface area contributed by atoms with Gasteiger partial charge in [-0.1, -0.05) is 42.2 Å². The standard InChI is InChI=1S/C10H8ClIN4O4.C9H7ClIN3O2.C7H4ClIN4O2.CH4.B/c1-4(17)20-3-5-7(11)14-9-6(13-5)8(12)15-16(9)10(18)19-2;1-4(15)16-3-6-8(10)14-5-2-12-9(11)7(5)13-6;1-15-7(14)13-6-4(5(9)12-13)10-2-3(8)11-6;;/h3H2,1-2H3;2-3H2,1H3;2H,1H3;1H4;. The summed E-state index contributed by atoms with van der Waals surface area (Å²) in [5.74, 6) is -0.829. The monoisotopic (exact) mass is 1130 g/mol. The minimum atomic E-state index is -0.698. The molecule has 1 aliphatic rings. The Bertz CT molecular complexity index is 2230. The summed E-state index contributed by atoms with van der Waals surface area (Å²) in [7, 11) is 2.49. The number of hydrogen-bond acceptors (Lipinski definition) is 17. The summed E-state index contributed by atoms with van der Waals surface area (Å²) in [5.41, 5.74) is 3.61. The molecule has 26 heteroatoms. The molecule has 0 atom stereocenters. The Morgan fingerprint density at radius 2 is 1.25 bits per heavy atom. The van der Waals surface area contributed by atoms with E-state index in [0.717, 1.165) is 24.5 Å². The summed E-state index contributed by atoms with van der Waals surface area (Å²) in [6.45, 7) is 3.06. The largest absolute Gasteiger partial charge is 0.459 e. The van der Waals surface area contributed by atoms with Gasteiger partial charge in [0.15, 0.2) is 29.0 Å². The van der Waals surface area contributed by atoms with Crippen molar-refractivity contribution < 1.29 is 38.1 Å². The Kier molecular flexibility index (Phi) is 17.8. The number of fused-ring (bicyclic) bond motifs is 3. The van der Waals surface area contributed by atoms with Gasteiger partial charge in [0, 0.05) is 22.3 Å². The Morgan fingerprint density at radius 3 is 1.77 bits per heavy atom. The highest BCUT2D eigenvalue weighted by molar-refractivity contribution is 14.1. The Balaban J connectivity index is 0.000000273. The van der Waals surface area contributed by atoms with Crippen LogP contribution in [0.1, 0.15) is 44.0 Å². The van der Waals surface area contributed by atoms with Crippen LogP contribution in [-0.2, 0) is 48.3 Å². The highest BCUT2D eigenvalue weighted by Crippen LogP contribution is 2.24. The van der Waals surface area contributed by atoms with Gasteiger partial charge in [-0.05, 0) is 67.8 Å². The summed E-state index contributed by atoms with van der Waals surface area (Å²) < 4.78 is 22.6. The van der Waals surface area contributed by atoms with E-state index in [1.165, 1.54) is 34.3 Å².